The lowest BCUT2D eigenvalue weighted by Gasteiger charge is -2.12. The van der Waals surface area contributed by atoms with Crippen LogP contribution in [0.15, 0.2) is 53.9 Å². The molecule has 27 heavy (non-hydrogen) atoms. The van der Waals surface area contributed by atoms with E-state index in [9.17, 15) is 4.79 Å². The fraction of sp³-hybridized carbons (Fsp3) is 0.211. The number of aryl methyl sites for hydroxylation is 1. The van der Waals surface area contributed by atoms with Crippen LogP contribution in [-0.4, -0.2) is 40.6 Å². The summed E-state index contributed by atoms with van der Waals surface area (Å²) >= 11 is 1.32. The van der Waals surface area contributed by atoms with Gasteiger partial charge in [-0.3, -0.25) is 9.36 Å². The van der Waals surface area contributed by atoms with Crippen LogP contribution in [0.1, 0.15) is 5.56 Å². The normalized spacial score (nSPS) is 10.5. The number of anilines is 1. The second kappa shape index (κ2) is 8.59. The molecular weight excluding hydrogens is 364 g/mol. The van der Waals surface area contributed by atoms with Gasteiger partial charge in [-0.25, -0.2) is 0 Å². The van der Waals surface area contributed by atoms with Gasteiger partial charge in [0, 0.05) is 6.07 Å². The molecule has 1 amide bonds. The number of rotatable bonds is 7. The molecule has 0 unspecified atom stereocenters. The second-order valence-corrected chi connectivity index (χ2v) is 6.62. The van der Waals surface area contributed by atoms with E-state index < -0.39 is 0 Å². The quantitative estimate of drug-likeness (QED) is 0.630. The van der Waals surface area contributed by atoms with Crippen molar-refractivity contribution in [2.24, 2.45) is 0 Å². The summed E-state index contributed by atoms with van der Waals surface area (Å²) in [5, 5.41) is 11.6. The van der Waals surface area contributed by atoms with Crippen molar-refractivity contribution < 1.29 is 14.3 Å². The number of hydrogen-bond acceptors (Lipinski definition) is 6. The summed E-state index contributed by atoms with van der Waals surface area (Å²) in [6, 6.07) is 13.2. The number of methoxy groups -OCH3 is 2. The third-order valence-corrected chi connectivity index (χ3v) is 4.85. The monoisotopic (exact) mass is 384 g/mol. The summed E-state index contributed by atoms with van der Waals surface area (Å²) in [5.41, 5.74) is 2.68. The number of carbonyl (C=O) groups excluding carboxylic acids is 1. The van der Waals surface area contributed by atoms with Gasteiger partial charge in [-0.1, -0.05) is 30.0 Å². The lowest BCUT2D eigenvalue weighted by atomic mass is 10.2. The number of carbonyl (C=O) groups is 1. The molecule has 2 aromatic carbocycles. The van der Waals surface area contributed by atoms with Crippen LogP contribution in [0, 0.1) is 6.92 Å². The van der Waals surface area contributed by atoms with E-state index in [0.717, 1.165) is 11.3 Å². The van der Waals surface area contributed by atoms with Gasteiger partial charge in [-0.2, -0.15) is 0 Å². The summed E-state index contributed by atoms with van der Waals surface area (Å²) in [6.07, 6.45) is 1.65. The number of benzene rings is 2. The lowest BCUT2D eigenvalue weighted by molar-refractivity contribution is -0.113. The van der Waals surface area contributed by atoms with E-state index in [-0.39, 0.29) is 11.7 Å². The van der Waals surface area contributed by atoms with Gasteiger partial charge < -0.3 is 14.8 Å². The summed E-state index contributed by atoms with van der Waals surface area (Å²) in [6.45, 7) is 2.02. The first-order valence-electron chi connectivity index (χ1n) is 8.23. The van der Waals surface area contributed by atoms with Crippen LogP contribution in [0.3, 0.4) is 0 Å². The Kier molecular flexibility index (Phi) is 5.97. The Bertz CT molecular complexity index is 942. The van der Waals surface area contributed by atoms with Gasteiger partial charge in [0.1, 0.15) is 17.8 Å². The molecule has 0 saturated heterocycles. The standard InChI is InChI=1S/C19H20N4O3S/c1-13-6-4-5-7-16(13)23-12-20-22-19(23)27-11-18(24)21-15-9-8-14(25-2)10-17(15)26-3/h4-10,12H,11H2,1-3H3,(H,21,24). The second-order valence-electron chi connectivity index (χ2n) is 5.67. The smallest absolute Gasteiger partial charge is 0.234 e. The van der Waals surface area contributed by atoms with E-state index in [1.54, 1.807) is 38.7 Å². The number of hydrogen-bond donors (Lipinski definition) is 1. The molecule has 0 spiro atoms. The van der Waals surface area contributed by atoms with E-state index in [2.05, 4.69) is 15.5 Å². The Morgan fingerprint density at radius 1 is 1.19 bits per heavy atom. The van der Waals surface area contributed by atoms with Crippen molar-refractivity contribution in [1.82, 2.24) is 14.8 Å². The summed E-state index contributed by atoms with van der Waals surface area (Å²) in [7, 11) is 3.12. The maximum Gasteiger partial charge on any atom is 0.234 e. The largest absolute Gasteiger partial charge is 0.497 e. The van der Waals surface area contributed by atoms with E-state index in [1.807, 2.05) is 35.8 Å². The molecule has 1 aromatic heterocycles. The van der Waals surface area contributed by atoms with Crippen LogP contribution in [-0.2, 0) is 4.79 Å². The molecule has 0 saturated carbocycles. The molecule has 0 aliphatic rings. The van der Waals surface area contributed by atoms with E-state index in [1.165, 1.54) is 11.8 Å². The molecule has 0 aliphatic carbocycles. The number of aromatic nitrogens is 3. The van der Waals surface area contributed by atoms with Crippen molar-refractivity contribution in [3.8, 4) is 17.2 Å². The van der Waals surface area contributed by atoms with Crippen molar-refractivity contribution in [2.45, 2.75) is 12.1 Å². The average Bonchev–Trinajstić information content (AvgIpc) is 3.15. The molecule has 0 fully saturated rings. The first-order chi connectivity index (χ1) is 13.1. The van der Waals surface area contributed by atoms with E-state index in [4.69, 9.17) is 9.47 Å². The van der Waals surface area contributed by atoms with Crippen molar-refractivity contribution >= 4 is 23.4 Å². The average molecular weight is 384 g/mol. The first-order valence-corrected chi connectivity index (χ1v) is 9.21. The number of ether oxygens (including phenoxy) is 2. The molecule has 3 aromatic rings. The predicted octanol–water partition coefficient (Wildman–Crippen LogP) is 3.32. The third kappa shape index (κ3) is 4.40. The molecule has 0 atom stereocenters. The van der Waals surface area contributed by atoms with Crippen molar-refractivity contribution in [3.05, 3.63) is 54.4 Å². The fourth-order valence-corrected chi connectivity index (χ4v) is 3.26. The van der Waals surface area contributed by atoms with Crippen LogP contribution in [0.2, 0.25) is 0 Å². The number of amides is 1. The number of para-hydroxylation sites is 1. The molecular formula is C19H20N4O3S. The summed E-state index contributed by atoms with van der Waals surface area (Å²) in [5.74, 6) is 1.23. The third-order valence-electron chi connectivity index (χ3n) is 3.91. The molecule has 1 heterocycles. The van der Waals surface area contributed by atoms with E-state index in [0.29, 0.717) is 22.3 Å². The maximum absolute atomic E-state index is 12.4. The highest BCUT2D eigenvalue weighted by Crippen LogP contribution is 2.29. The van der Waals surface area contributed by atoms with Crippen LogP contribution < -0.4 is 14.8 Å². The first kappa shape index (κ1) is 18.8. The highest BCUT2D eigenvalue weighted by Gasteiger charge is 2.13. The minimum absolute atomic E-state index is 0.164. The van der Waals surface area contributed by atoms with Crippen LogP contribution in [0.5, 0.6) is 11.5 Å². The van der Waals surface area contributed by atoms with Crippen molar-refractivity contribution in [3.63, 3.8) is 0 Å². The Morgan fingerprint density at radius 3 is 2.74 bits per heavy atom. The number of nitrogens with zero attached hydrogens (tertiary/aromatic N) is 3. The predicted molar refractivity (Wildman–Crippen MR) is 105 cm³/mol. The topological polar surface area (TPSA) is 78.3 Å². The van der Waals surface area contributed by atoms with Gasteiger partial charge in [-0.05, 0) is 30.7 Å². The zero-order chi connectivity index (χ0) is 19.2. The zero-order valence-electron chi connectivity index (χ0n) is 15.3. The highest BCUT2D eigenvalue weighted by atomic mass is 32.2. The molecule has 0 radical (unpaired) electrons. The van der Waals surface area contributed by atoms with Crippen LogP contribution >= 0.6 is 11.8 Å². The molecule has 0 aliphatic heterocycles. The molecule has 7 nitrogen and oxygen atoms in total. The van der Waals surface area contributed by atoms with Gasteiger partial charge >= 0.3 is 0 Å². The minimum Gasteiger partial charge on any atom is -0.497 e. The van der Waals surface area contributed by atoms with Gasteiger partial charge in [0.25, 0.3) is 0 Å². The Balaban J connectivity index is 1.68. The van der Waals surface area contributed by atoms with Crippen LogP contribution in [0.4, 0.5) is 5.69 Å². The van der Waals surface area contributed by atoms with Crippen molar-refractivity contribution in [1.29, 1.82) is 0 Å². The van der Waals surface area contributed by atoms with E-state index >= 15 is 0 Å². The summed E-state index contributed by atoms with van der Waals surface area (Å²) in [4.78, 5) is 12.4. The molecule has 1 N–H and O–H groups in total. The van der Waals surface area contributed by atoms with Crippen molar-refractivity contribution in [2.75, 3.05) is 25.3 Å². The number of nitrogens with one attached hydrogen (secondary N) is 1. The summed E-state index contributed by atoms with van der Waals surface area (Å²) < 4.78 is 12.3. The SMILES string of the molecule is COc1ccc(NC(=O)CSc2nncn2-c2ccccc2C)c(OC)c1. The molecule has 0 bridgehead atoms. The highest BCUT2D eigenvalue weighted by molar-refractivity contribution is 7.99. The minimum atomic E-state index is -0.164. The molecule has 8 heteroatoms. The van der Waals surface area contributed by atoms with Crippen LogP contribution in [0.25, 0.3) is 5.69 Å². The van der Waals surface area contributed by atoms with Gasteiger partial charge in [0.2, 0.25) is 5.91 Å². The van der Waals surface area contributed by atoms with Gasteiger partial charge in [0.15, 0.2) is 5.16 Å². The maximum atomic E-state index is 12.4. The molecule has 3 rings (SSSR count). The van der Waals surface area contributed by atoms with Gasteiger partial charge in [-0.15, -0.1) is 10.2 Å². The zero-order valence-corrected chi connectivity index (χ0v) is 16.1. The Hall–Kier alpha value is -3.00. The lowest BCUT2D eigenvalue weighted by Crippen LogP contribution is -2.15. The van der Waals surface area contributed by atoms with Gasteiger partial charge in [0.05, 0.1) is 31.3 Å². The Labute approximate surface area is 161 Å². The molecule has 140 valence electrons. The number of thioether (sulfide) groups is 1. The Morgan fingerprint density at radius 2 is 2.00 bits per heavy atom. The fourth-order valence-electron chi connectivity index (χ4n) is 2.54.